The summed E-state index contributed by atoms with van der Waals surface area (Å²) in [6, 6.07) is 0. The van der Waals surface area contributed by atoms with Crippen molar-refractivity contribution in [3.8, 4) is 0 Å². The Bertz CT molecular complexity index is 513. The molecule has 0 bridgehead atoms. The molecular weight excluding hydrogens is 376 g/mol. The van der Waals surface area contributed by atoms with Gasteiger partial charge in [-0.25, -0.2) is 9.11 Å². The zero-order valence-electron chi connectivity index (χ0n) is 13.3. The molecule has 1 aliphatic rings. The van der Waals surface area contributed by atoms with Gasteiger partial charge in [0.1, 0.15) is 0 Å². The second kappa shape index (κ2) is 11.2. The number of phosphoric ester groups is 2. The second-order valence-corrected chi connectivity index (χ2v) is 7.02. The van der Waals surface area contributed by atoms with E-state index >= 15 is 0 Å². The van der Waals surface area contributed by atoms with Crippen molar-refractivity contribution in [3.63, 3.8) is 0 Å². The van der Waals surface area contributed by atoms with E-state index in [0.717, 1.165) is 6.92 Å². The smallest absolute Gasteiger partial charge is 0.756 e. The standard InChI is InChI=1S/C9H16O10P2.2Na/c1-3-4-5-16-9(11)8-7(6(2)10)17-20(12,13)19-21(14,15)18-8;;/h7-8H,3-5H2,1-2H3,(H,12,13)(H,14,15);;/q;2*+1/p-2/t7-,8+;;/m0../s1. The number of unbranched alkanes of at least 4 members (excludes halogenated alkanes) is 1. The van der Waals surface area contributed by atoms with Crippen molar-refractivity contribution in [2.45, 2.75) is 38.9 Å². The van der Waals surface area contributed by atoms with Crippen LogP contribution in [0.5, 0.6) is 0 Å². The van der Waals surface area contributed by atoms with E-state index in [9.17, 15) is 28.5 Å². The molecular formula is C9H14Na2O10P2. The van der Waals surface area contributed by atoms with Crippen LogP contribution < -0.4 is 68.9 Å². The molecule has 0 saturated carbocycles. The van der Waals surface area contributed by atoms with Gasteiger partial charge in [0, 0.05) is 0 Å². The summed E-state index contributed by atoms with van der Waals surface area (Å²) in [6.45, 7) is 2.69. The van der Waals surface area contributed by atoms with Crippen molar-refractivity contribution in [1.82, 2.24) is 0 Å². The summed E-state index contributed by atoms with van der Waals surface area (Å²) in [6.07, 6.45) is -2.88. The minimum Gasteiger partial charge on any atom is -0.756 e. The number of ether oxygens (including phenoxy) is 1. The van der Waals surface area contributed by atoms with Crippen LogP contribution in [0.15, 0.2) is 0 Å². The summed E-state index contributed by atoms with van der Waals surface area (Å²) in [4.78, 5) is 45.7. The van der Waals surface area contributed by atoms with Crippen LogP contribution >= 0.6 is 15.6 Å². The number of phosphoric acid groups is 2. The summed E-state index contributed by atoms with van der Waals surface area (Å²) in [5.74, 6) is -2.17. The number of hydrogen-bond donors (Lipinski definition) is 0. The SMILES string of the molecule is CCCCOC(=O)[C@@H]1OP(=O)([O-])OP(=O)([O-])O[C@H]1C(C)=O.[Na+].[Na+]. The van der Waals surface area contributed by atoms with Gasteiger partial charge in [-0.2, -0.15) is 0 Å². The first-order chi connectivity index (χ1) is 9.58. The summed E-state index contributed by atoms with van der Waals surface area (Å²) in [5.41, 5.74) is 0. The van der Waals surface area contributed by atoms with Crippen molar-refractivity contribution < 1.29 is 106 Å². The fourth-order valence-corrected chi connectivity index (χ4v) is 3.70. The number of ketones is 1. The van der Waals surface area contributed by atoms with Gasteiger partial charge >= 0.3 is 65.1 Å². The molecule has 23 heavy (non-hydrogen) atoms. The molecule has 122 valence electrons. The third kappa shape index (κ3) is 9.06. The largest absolute Gasteiger partial charge is 1.00 e. The van der Waals surface area contributed by atoms with Crippen LogP contribution in [0.4, 0.5) is 0 Å². The Kier molecular flexibility index (Phi) is 12.9. The van der Waals surface area contributed by atoms with Gasteiger partial charge in [0.15, 0.2) is 18.0 Å². The molecule has 10 nitrogen and oxygen atoms in total. The molecule has 0 N–H and O–H groups in total. The molecule has 0 radical (unpaired) electrons. The zero-order chi connectivity index (χ0) is 16.3. The monoisotopic (exact) mass is 390 g/mol. The Morgan fingerprint density at radius 3 is 2.00 bits per heavy atom. The summed E-state index contributed by atoms with van der Waals surface area (Å²) in [7, 11) is -10.7. The molecule has 0 amide bonds. The number of Topliss-reactive ketones (excluding diaryl/α,β-unsaturated/α-hetero) is 1. The predicted octanol–water partition coefficient (Wildman–Crippen LogP) is -6.34. The molecule has 0 spiro atoms. The van der Waals surface area contributed by atoms with Crippen LogP contribution in [0.3, 0.4) is 0 Å². The van der Waals surface area contributed by atoms with Crippen molar-refractivity contribution in [1.29, 1.82) is 0 Å². The average molecular weight is 390 g/mol. The van der Waals surface area contributed by atoms with Gasteiger partial charge in [-0.3, -0.25) is 18.4 Å². The molecule has 2 unspecified atom stereocenters. The fourth-order valence-electron chi connectivity index (χ4n) is 1.40. The summed E-state index contributed by atoms with van der Waals surface area (Å²) >= 11 is 0. The van der Waals surface area contributed by atoms with E-state index in [4.69, 9.17) is 4.74 Å². The van der Waals surface area contributed by atoms with Crippen molar-refractivity contribution in [2.24, 2.45) is 0 Å². The van der Waals surface area contributed by atoms with Gasteiger partial charge in [-0.15, -0.1) is 0 Å². The number of carbonyl (C=O) groups is 2. The van der Waals surface area contributed by atoms with Gasteiger partial charge in [0.2, 0.25) is 0 Å². The maximum absolute atomic E-state index is 11.8. The molecule has 0 aromatic heterocycles. The normalized spacial score (nSPS) is 33.6. The van der Waals surface area contributed by atoms with Gasteiger partial charge in [-0.1, -0.05) is 13.3 Å². The van der Waals surface area contributed by atoms with Crippen LogP contribution in [0, 0.1) is 0 Å². The Morgan fingerprint density at radius 2 is 1.57 bits per heavy atom. The Hall–Kier alpha value is 1.40. The minimum absolute atomic E-state index is 0. The molecule has 14 heteroatoms. The van der Waals surface area contributed by atoms with Crippen molar-refractivity contribution in [3.05, 3.63) is 0 Å². The Labute approximate surface area is 177 Å². The van der Waals surface area contributed by atoms with E-state index in [1.54, 1.807) is 0 Å². The topological polar surface area (TPSA) is 151 Å². The molecule has 0 aromatic carbocycles. The number of esters is 1. The number of rotatable bonds is 5. The van der Waals surface area contributed by atoms with Gasteiger partial charge in [0.05, 0.1) is 6.61 Å². The van der Waals surface area contributed by atoms with E-state index in [2.05, 4.69) is 13.4 Å². The van der Waals surface area contributed by atoms with Crippen LogP contribution in [-0.2, 0) is 36.8 Å². The van der Waals surface area contributed by atoms with E-state index < -0.39 is 39.6 Å². The van der Waals surface area contributed by atoms with E-state index in [1.165, 1.54) is 0 Å². The maximum Gasteiger partial charge on any atom is 1.00 e. The third-order valence-corrected chi connectivity index (χ3v) is 4.91. The molecule has 1 rings (SSSR count). The molecule has 0 aliphatic carbocycles. The fraction of sp³-hybridized carbons (Fsp3) is 0.778. The van der Waals surface area contributed by atoms with E-state index in [0.29, 0.717) is 12.8 Å². The van der Waals surface area contributed by atoms with Gasteiger partial charge < -0.3 is 19.0 Å². The number of carbonyl (C=O) groups excluding carboxylic acids is 2. The Balaban J connectivity index is 0. The molecule has 1 fully saturated rings. The molecule has 0 aromatic rings. The summed E-state index contributed by atoms with van der Waals surface area (Å²) < 4.78 is 39.5. The second-order valence-electron chi connectivity index (χ2n) is 4.16. The average Bonchev–Trinajstić information content (AvgIpc) is 2.41. The molecule has 1 aliphatic heterocycles. The molecule has 1 heterocycles. The van der Waals surface area contributed by atoms with Gasteiger partial charge in [0.25, 0.3) is 15.6 Å². The Morgan fingerprint density at radius 1 is 1.09 bits per heavy atom. The zero-order valence-corrected chi connectivity index (χ0v) is 19.0. The van der Waals surface area contributed by atoms with Crippen LogP contribution in [0.25, 0.3) is 0 Å². The summed E-state index contributed by atoms with van der Waals surface area (Å²) in [5, 5.41) is 0. The van der Waals surface area contributed by atoms with Crippen molar-refractivity contribution in [2.75, 3.05) is 6.61 Å². The van der Waals surface area contributed by atoms with Crippen molar-refractivity contribution >= 4 is 27.4 Å². The first kappa shape index (κ1) is 26.6. The predicted molar refractivity (Wildman–Crippen MR) is 62.6 cm³/mol. The van der Waals surface area contributed by atoms with Crippen LogP contribution in [-0.4, -0.2) is 30.6 Å². The molecule has 1 saturated heterocycles. The van der Waals surface area contributed by atoms with E-state index in [-0.39, 0.29) is 65.7 Å². The van der Waals surface area contributed by atoms with Gasteiger partial charge in [-0.05, 0) is 13.3 Å². The molecule has 4 atom stereocenters. The third-order valence-electron chi connectivity index (χ3n) is 2.34. The number of hydrogen-bond acceptors (Lipinski definition) is 10. The first-order valence-corrected chi connectivity index (χ1v) is 8.87. The maximum atomic E-state index is 11.8. The first-order valence-electron chi connectivity index (χ1n) is 5.95. The van der Waals surface area contributed by atoms with Crippen LogP contribution in [0.2, 0.25) is 0 Å². The van der Waals surface area contributed by atoms with E-state index in [1.807, 2.05) is 6.92 Å². The van der Waals surface area contributed by atoms with Crippen LogP contribution in [0.1, 0.15) is 26.7 Å². The minimum atomic E-state index is -5.38. The quantitative estimate of drug-likeness (QED) is 0.192.